The van der Waals surface area contributed by atoms with Gasteiger partial charge < -0.3 is 15.3 Å². The number of aliphatic hydroxyl groups is 3. The molecule has 0 bridgehead atoms. The molecule has 3 heteroatoms. The second kappa shape index (κ2) is 4.48. The van der Waals surface area contributed by atoms with E-state index in [9.17, 15) is 15.3 Å². The summed E-state index contributed by atoms with van der Waals surface area (Å²) >= 11 is 0. The Bertz CT molecular complexity index is 376. The zero-order valence-electron chi connectivity index (χ0n) is 11.2. The molecule has 2 aliphatic rings. The van der Waals surface area contributed by atoms with E-state index in [4.69, 9.17) is 0 Å². The van der Waals surface area contributed by atoms with Gasteiger partial charge in [-0.1, -0.05) is 25.7 Å². The van der Waals surface area contributed by atoms with Gasteiger partial charge in [-0.05, 0) is 49.0 Å². The van der Waals surface area contributed by atoms with Crippen LogP contribution in [-0.4, -0.2) is 33.6 Å². The molecule has 3 N–H and O–H groups in total. The fourth-order valence-electron chi connectivity index (χ4n) is 3.77. The van der Waals surface area contributed by atoms with Crippen LogP contribution in [-0.2, 0) is 0 Å². The molecule has 0 aliphatic heterocycles. The average molecular weight is 252 g/mol. The van der Waals surface area contributed by atoms with E-state index in [0.717, 1.165) is 19.3 Å². The minimum Gasteiger partial charge on any atom is -0.392 e. The molecule has 2 aliphatic carbocycles. The van der Waals surface area contributed by atoms with Gasteiger partial charge >= 0.3 is 0 Å². The third-order valence-corrected chi connectivity index (χ3v) is 5.11. The molecule has 18 heavy (non-hydrogen) atoms. The fraction of sp³-hybridized carbons (Fsp3) is 0.733. The Kier molecular flexibility index (Phi) is 3.43. The van der Waals surface area contributed by atoms with Gasteiger partial charge in [-0.2, -0.15) is 0 Å². The summed E-state index contributed by atoms with van der Waals surface area (Å²) in [6, 6.07) is 0. The van der Waals surface area contributed by atoms with E-state index < -0.39 is 11.7 Å². The quantitative estimate of drug-likeness (QED) is 0.657. The van der Waals surface area contributed by atoms with Gasteiger partial charge in [0.05, 0.1) is 12.7 Å². The van der Waals surface area contributed by atoms with Gasteiger partial charge in [0, 0.05) is 0 Å². The largest absolute Gasteiger partial charge is 0.392 e. The first kappa shape index (κ1) is 13.8. The van der Waals surface area contributed by atoms with Crippen molar-refractivity contribution in [2.24, 2.45) is 11.3 Å². The molecular weight excluding hydrogens is 228 g/mol. The van der Waals surface area contributed by atoms with Crippen molar-refractivity contribution in [2.75, 3.05) is 6.61 Å². The number of aliphatic hydroxyl groups excluding tert-OH is 2. The van der Waals surface area contributed by atoms with Gasteiger partial charge in [0.2, 0.25) is 0 Å². The second-order valence-corrected chi connectivity index (χ2v) is 6.33. The minimum absolute atomic E-state index is 0.0245. The number of allylic oxidation sites excluding steroid dienone is 1. The number of fused-ring (bicyclic) bond motifs is 1. The maximum Gasteiger partial charge on any atom is 0.114 e. The molecule has 2 saturated carbocycles. The van der Waals surface area contributed by atoms with Gasteiger partial charge in [-0.15, -0.1) is 0 Å². The molecule has 4 atom stereocenters. The Morgan fingerprint density at radius 2 is 2.11 bits per heavy atom. The Hall–Kier alpha value is -0.640. The molecular formula is C15H24O3. The van der Waals surface area contributed by atoms with Crippen molar-refractivity contribution in [1.82, 2.24) is 0 Å². The molecule has 2 rings (SSSR count). The van der Waals surface area contributed by atoms with Gasteiger partial charge in [-0.25, -0.2) is 0 Å². The lowest BCUT2D eigenvalue weighted by molar-refractivity contribution is -0.131. The van der Waals surface area contributed by atoms with Crippen molar-refractivity contribution < 1.29 is 15.3 Å². The first-order chi connectivity index (χ1) is 8.33. The molecule has 0 radical (unpaired) electrons. The van der Waals surface area contributed by atoms with Gasteiger partial charge in [-0.3, -0.25) is 0 Å². The lowest BCUT2D eigenvalue weighted by atomic mass is 9.54. The maximum atomic E-state index is 10.6. The Morgan fingerprint density at radius 1 is 1.44 bits per heavy atom. The highest BCUT2D eigenvalue weighted by Crippen LogP contribution is 2.55. The molecule has 102 valence electrons. The molecule has 4 unspecified atom stereocenters. The van der Waals surface area contributed by atoms with Crippen LogP contribution in [0.2, 0.25) is 0 Å². The minimum atomic E-state index is -1.36. The van der Waals surface area contributed by atoms with Crippen LogP contribution in [0.4, 0.5) is 0 Å². The summed E-state index contributed by atoms with van der Waals surface area (Å²) in [4.78, 5) is 0. The van der Waals surface area contributed by atoms with E-state index >= 15 is 0 Å². The maximum absolute atomic E-state index is 10.6. The third kappa shape index (κ3) is 1.94. The molecule has 0 spiro atoms. The molecule has 0 aromatic carbocycles. The summed E-state index contributed by atoms with van der Waals surface area (Å²) in [5.74, 6) is 0.211. The molecule has 0 saturated heterocycles. The van der Waals surface area contributed by atoms with E-state index in [2.05, 4.69) is 20.1 Å². The summed E-state index contributed by atoms with van der Waals surface area (Å²) in [6.45, 7) is 9.73. The number of rotatable bonds is 2. The monoisotopic (exact) mass is 252 g/mol. The van der Waals surface area contributed by atoms with E-state index in [-0.39, 0.29) is 17.9 Å². The van der Waals surface area contributed by atoms with Gasteiger partial charge in [0.15, 0.2) is 0 Å². The normalized spacial score (nSPS) is 44.6. The average Bonchev–Trinajstić information content (AvgIpc) is 2.31. The van der Waals surface area contributed by atoms with Crippen LogP contribution in [0.3, 0.4) is 0 Å². The van der Waals surface area contributed by atoms with Crippen LogP contribution in [0.15, 0.2) is 24.3 Å². The highest BCUT2D eigenvalue weighted by Gasteiger charge is 2.53. The molecule has 0 heterocycles. The van der Waals surface area contributed by atoms with Crippen molar-refractivity contribution >= 4 is 0 Å². The van der Waals surface area contributed by atoms with Crippen LogP contribution < -0.4 is 0 Å². The van der Waals surface area contributed by atoms with E-state index in [1.165, 1.54) is 5.57 Å². The summed E-state index contributed by atoms with van der Waals surface area (Å²) < 4.78 is 0. The first-order valence-corrected chi connectivity index (χ1v) is 6.71. The number of hydrogen-bond acceptors (Lipinski definition) is 3. The Morgan fingerprint density at radius 3 is 2.72 bits per heavy atom. The predicted molar refractivity (Wildman–Crippen MR) is 71.0 cm³/mol. The third-order valence-electron chi connectivity index (χ3n) is 5.11. The highest BCUT2D eigenvalue weighted by molar-refractivity contribution is 5.24. The standard InChI is InChI=1S/C15H24O3/c1-10-5-4-6-14(3)8-13(17)15(18,7-12(10)14)11(2)9-16/h12-13,16-18H,1-2,4-9H2,3H3. The van der Waals surface area contributed by atoms with Crippen molar-refractivity contribution in [3.63, 3.8) is 0 Å². The summed E-state index contributed by atoms with van der Waals surface area (Å²) in [7, 11) is 0. The highest BCUT2D eigenvalue weighted by atomic mass is 16.3. The molecule has 3 nitrogen and oxygen atoms in total. The predicted octanol–water partition coefficient (Wildman–Crippen LogP) is 1.78. The summed E-state index contributed by atoms with van der Waals surface area (Å²) in [6.07, 6.45) is 3.31. The molecule has 0 aromatic rings. The zero-order valence-corrected chi connectivity index (χ0v) is 11.2. The molecule has 0 aromatic heterocycles. The lowest BCUT2D eigenvalue weighted by Gasteiger charge is -2.54. The Labute approximate surface area is 109 Å². The first-order valence-electron chi connectivity index (χ1n) is 6.71. The SMILES string of the molecule is C=C1CCCC2(C)CC(O)C(O)(C(=C)CO)CC12. The van der Waals surface area contributed by atoms with Crippen LogP contribution in [0.5, 0.6) is 0 Å². The lowest BCUT2D eigenvalue weighted by Crippen LogP contribution is -2.56. The number of hydrogen-bond donors (Lipinski definition) is 3. The van der Waals surface area contributed by atoms with Crippen molar-refractivity contribution in [3.05, 3.63) is 24.3 Å². The topological polar surface area (TPSA) is 60.7 Å². The Balaban J connectivity index is 2.31. The van der Waals surface area contributed by atoms with Crippen molar-refractivity contribution in [2.45, 2.75) is 50.7 Å². The van der Waals surface area contributed by atoms with Crippen LogP contribution >= 0.6 is 0 Å². The summed E-state index contributed by atoms with van der Waals surface area (Å²) in [5, 5.41) is 30.1. The fourth-order valence-corrected chi connectivity index (χ4v) is 3.77. The zero-order chi connectivity index (χ0) is 13.6. The molecule has 2 fully saturated rings. The van der Waals surface area contributed by atoms with E-state index in [1.54, 1.807) is 0 Å². The van der Waals surface area contributed by atoms with Crippen LogP contribution in [0.1, 0.15) is 39.0 Å². The second-order valence-electron chi connectivity index (χ2n) is 6.33. The van der Waals surface area contributed by atoms with Crippen molar-refractivity contribution in [1.29, 1.82) is 0 Å². The molecule has 0 amide bonds. The van der Waals surface area contributed by atoms with Gasteiger partial charge in [0.25, 0.3) is 0 Å². The van der Waals surface area contributed by atoms with Gasteiger partial charge in [0.1, 0.15) is 5.60 Å². The smallest absolute Gasteiger partial charge is 0.114 e. The van der Waals surface area contributed by atoms with Crippen LogP contribution in [0, 0.1) is 11.3 Å². The van der Waals surface area contributed by atoms with E-state index in [1.807, 2.05) is 0 Å². The van der Waals surface area contributed by atoms with Crippen molar-refractivity contribution in [3.8, 4) is 0 Å². The van der Waals surface area contributed by atoms with E-state index in [0.29, 0.717) is 18.4 Å². The summed E-state index contributed by atoms with van der Waals surface area (Å²) in [5.41, 5.74) is 0.144. The van der Waals surface area contributed by atoms with Crippen LogP contribution in [0.25, 0.3) is 0 Å².